The first-order chi connectivity index (χ1) is 8.34. The maximum Gasteiger partial charge on any atom is 0.104 e. The summed E-state index contributed by atoms with van der Waals surface area (Å²) in [4.78, 5) is 0. The number of rotatable bonds is 6. The predicted octanol–water partition coefficient (Wildman–Crippen LogP) is 1.46. The third kappa shape index (κ3) is 4.77. The molecule has 2 unspecified atom stereocenters. The smallest absolute Gasteiger partial charge is 0.104 e. The van der Waals surface area contributed by atoms with Crippen molar-refractivity contribution in [2.45, 2.75) is 39.0 Å². The van der Waals surface area contributed by atoms with Crippen molar-refractivity contribution in [1.82, 2.24) is 0 Å². The van der Waals surface area contributed by atoms with Gasteiger partial charge >= 0.3 is 0 Å². The van der Waals surface area contributed by atoms with Gasteiger partial charge < -0.3 is 14.7 Å². The van der Waals surface area contributed by atoms with Gasteiger partial charge in [-0.05, 0) is 17.9 Å². The molecule has 1 aromatic carbocycles. The Bertz CT molecular complexity index is 357. The third-order valence-electron chi connectivity index (χ3n) is 3.42. The van der Waals surface area contributed by atoms with Crippen LogP contribution in [-0.2, 0) is 6.54 Å². The summed E-state index contributed by atoms with van der Waals surface area (Å²) in [5, 5.41) is 19.8. The maximum absolute atomic E-state index is 10.9. The van der Waals surface area contributed by atoms with Crippen LogP contribution >= 0.6 is 0 Å². The molecule has 3 heteroatoms. The minimum absolute atomic E-state index is 0.229. The minimum atomic E-state index is -1.50. The molecule has 0 spiro atoms. The van der Waals surface area contributed by atoms with Crippen molar-refractivity contribution in [3.8, 4) is 0 Å². The molecule has 0 aliphatic carbocycles. The van der Waals surface area contributed by atoms with Crippen LogP contribution in [0.5, 0.6) is 0 Å². The number of aliphatic hydroxyl groups is 1. The summed E-state index contributed by atoms with van der Waals surface area (Å²) < 4.78 is 0.507. The van der Waals surface area contributed by atoms with E-state index in [2.05, 4.69) is 38.1 Å². The van der Waals surface area contributed by atoms with Crippen molar-refractivity contribution in [2.75, 3.05) is 20.6 Å². The van der Waals surface area contributed by atoms with Crippen molar-refractivity contribution in [3.05, 3.63) is 35.4 Å². The zero-order valence-corrected chi connectivity index (χ0v) is 11.9. The summed E-state index contributed by atoms with van der Waals surface area (Å²) >= 11 is 0. The normalized spacial score (nSPS) is 15.4. The summed E-state index contributed by atoms with van der Waals surface area (Å²) in [6.07, 6.45) is -0.358. The summed E-state index contributed by atoms with van der Waals surface area (Å²) in [5.74, 6) is 0.588. The molecule has 0 amide bonds. The fraction of sp³-hybridized carbons (Fsp3) is 0.600. The molecule has 0 radical (unpaired) electrons. The highest BCUT2D eigenvalue weighted by Gasteiger charge is 2.16. The van der Waals surface area contributed by atoms with Gasteiger partial charge in [0.05, 0.1) is 20.6 Å². The molecular weight excluding hydrogens is 226 g/mol. The molecule has 0 heterocycles. The predicted molar refractivity (Wildman–Crippen MR) is 71.8 cm³/mol. The first-order valence-electron chi connectivity index (χ1n) is 6.59. The van der Waals surface area contributed by atoms with Crippen molar-refractivity contribution in [1.29, 1.82) is 0 Å². The van der Waals surface area contributed by atoms with E-state index in [0.29, 0.717) is 10.4 Å². The molecule has 0 bridgehead atoms. The Hall–Kier alpha value is -0.900. The van der Waals surface area contributed by atoms with Crippen LogP contribution in [0.1, 0.15) is 37.3 Å². The van der Waals surface area contributed by atoms with Crippen molar-refractivity contribution in [2.24, 2.45) is 0 Å². The Labute approximate surface area is 110 Å². The van der Waals surface area contributed by atoms with Gasteiger partial charge in [0, 0.05) is 11.9 Å². The Morgan fingerprint density at radius 2 is 1.78 bits per heavy atom. The Balaban J connectivity index is 2.68. The van der Waals surface area contributed by atoms with Crippen molar-refractivity contribution >= 4 is 0 Å². The molecule has 0 aromatic heterocycles. The van der Waals surface area contributed by atoms with E-state index in [0.717, 1.165) is 13.0 Å². The van der Waals surface area contributed by atoms with Gasteiger partial charge in [-0.3, -0.25) is 0 Å². The van der Waals surface area contributed by atoms with E-state index in [-0.39, 0.29) is 6.54 Å². The van der Waals surface area contributed by atoms with Gasteiger partial charge in [-0.1, -0.05) is 38.1 Å². The molecule has 3 nitrogen and oxygen atoms in total. The Morgan fingerprint density at radius 3 is 2.22 bits per heavy atom. The first kappa shape index (κ1) is 15.2. The number of nitrogens with zero attached hydrogens (tertiary/aromatic N) is 1. The molecule has 0 aliphatic rings. The van der Waals surface area contributed by atoms with Gasteiger partial charge in [-0.2, -0.15) is 0 Å². The number of quaternary nitrogens is 1. The molecule has 0 aliphatic heterocycles. The number of benzene rings is 1. The van der Waals surface area contributed by atoms with E-state index in [9.17, 15) is 5.11 Å². The zero-order valence-electron chi connectivity index (χ0n) is 11.9. The lowest BCUT2D eigenvalue weighted by Crippen LogP contribution is -2.48. The number of hydrogen-bond acceptors (Lipinski definition) is 2. The number of likely N-dealkylation sites (N-methyl/N-ethyl adjacent to an activating group) is 1. The maximum atomic E-state index is 10.9. The third-order valence-corrected chi connectivity index (χ3v) is 3.42. The Morgan fingerprint density at radius 1 is 1.22 bits per heavy atom. The highest BCUT2D eigenvalue weighted by Crippen LogP contribution is 2.19. The monoisotopic (exact) mass is 251 g/mol. The molecule has 1 rings (SSSR count). The van der Waals surface area contributed by atoms with Gasteiger partial charge in [0.15, 0.2) is 0 Å². The molecule has 102 valence electrons. The number of aliphatic hydroxyl groups excluding tert-OH is 1. The van der Waals surface area contributed by atoms with Crippen molar-refractivity contribution in [3.63, 3.8) is 0 Å². The molecule has 18 heavy (non-hydrogen) atoms. The van der Waals surface area contributed by atoms with Crippen LogP contribution in [0.2, 0.25) is 0 Å². The van der Waals surface area contributed by atoms with Crippen LogP contribution in [0.15, 0.2) is 24.3 Å². The fourth-order valence-electron chi connectivity index (χ4n) is 2.17. The molecule has 1 aromatic rings. The van der Waals surface area contributed by atoms with E-state index in [1.807, 2.05) is 14.1 Å². The van der Waals surface area contributed by atoms with Gasteiger partial charge in [-0.25, -0.2) is 0 Å². The SMILES string of the molecule is CCC(C)c1ccc(C[N+](C)(C)CC([O-])O)cc1. The summed E-state index contributed by atoms with van der Waals surface area (Å²) in [5.41, 5.74) is 2.56. The highest BCUT2D eigenvalue weighted by molar-refractivity contribution is 5.24. The molecule has 0 fully saturated rings. The van der Waals surface area contributed by atoms with Gasteiger partial charge in [0.25, 0.3) is 0 Å². The van der Waals surface area contributed by atoms with Crippen molar-refractivity contribution < 1.29 is 14.7 Å². The van der Waals surface area contributed by atoms with Crippen LogP contribution in [0.3, 0.4) is 0 Å². The van der Waals surface area contributed by atoms with E-state index in [1.165, 1.54) is 11.1 Å². The Kier molecular flexibility index (Phi) is 5.32. The lowest BCUT2D eigenvalue weighted by molar-refractivity contribution is -0.916. The second-order valence-electron chi connectivity index (χ2n) is 5.78. The topological polar surface area (TPSA) is 43.3 Å². The molecule has 0 saturated heterocycles. The quantitative estimate of drug-likeness (QED) is 0.614. The summed E-state index contributed by atoms with van der Waals surface area (Å²) in [6.45, 7) is 5.41. The molecule has 0 saturated carbocycles. The average molecular weight is 251 g/mol. The zero-order chi connectivity index (χ0) is 13.8. The summed E-state index contributed by atoms with van der Waals surface area (Å²) in [6, 6.07) is 8.58. The highest BCUT2D eigenvalue weighted by atomic mass is 16.5. The molecule has 2 atom stereocenters. The van der Waals surface area contributed by atoms with Gasteiger partial charge in [-0.15, -0.1) is 0 Å². The van der Waals surface area contributed by atoms with E-state index in [4.69, 9.17) is 5.11 Å². The fourth-order valence-corrected chi connectivity index (χ4v) is 2.17. The number of hydrogen-bond donors (Lipinski definition) is 1. The lowest BCUT2D eigenvalue weighted by Gasteiger charge is -2.34. The van der Waals surface area contributed by atoms with Gasteiger partial charge in [0.2, 0.25) is 0 Å². The standard InChI is InChI=1S/C15H25NO2/c1-5-12(2)14-8-6-13(7-9-14)10-16(3,4)11-15(17)18/h6-9,12,15,17H,5,10-11H2,1-4H3. The largest absolute Gasteiger partial charge is 0.827 e. The van der Waals surface area contributed by atoms with Crippen LogP contribution in [-0.4, -0.2) is 36.5 Å². The second kappa shape index (κ2) is 6.32. The average Bonchev–Trinajstić information content (AvgIpc) is 2.26. The van der Waals surface area contributed by atoms with Crippen LogP contribution in [0.25, 0.3) is 0 Å². The van der Waals surface area contributed by atoms with Crippen LogP contribution in [0, 0.1) is 0 Å². The van der Waals surface area contributed by atoms with E-state index < -0.39 is 6.29 Å². The second-order valence-corrected chi connectivity index (χ2v) is 5.78. The van der Waals surface area contributed by atoms with E-state index in [1.54, 1.807) is 0 Å². The minimum Gasteiger partial charge on any atom is -0.827 e. The molecular formula is C15H25NO2. The summed E-state index contributed by atoms with van der Waals surface area (Å²) in [7, 11) is 3.92. The van der Waals surface area contributed by atoms with Crippen LogP contribution in [0.4, 0.5) is 0 Å². The van der Waals surface area contributed by atoms with E-state index >= 15 is 0 Å². The van der Waals surface area contributed by atoms with Gasteiger partial charge in [0.1, 0.15) is 6.54 Å². The first-order valence-corrected chi connectivity index (χ1v) is 6.59. The molecule has 1 N–H and O–H groups in total. The lowest BCUT2D eigenvalue weighted by atomic mass is 9.97. The van der Waals surface area contributed by atoms with Crippen LogP contribution < -0.4 is 5.11 Å².